The number of nitrogens with zero attached hydrogens (tertiary/aromatic N) is 1. The topological polar surface area (TPSA) is 29.5 Å². The van der Waals surface area contributed by atoms with Gasteiger partial charge in [-0.2, -0.15) is 0 Å². The number of likely N-dealkylation sites (N-methyl/N-ethyl adjacent to an activating group) is 1. The SMILES string of the molecule is Cc1cc(C)c(C(=O)C2CC3COCC(C2)N3C)cc1C. The smallest absolute Gasteiger partial charge is 0.166 e. The minimum Gasteiger partial charge on any atom is -0.378 e. The number of piperidine rings is 1. The normalized spacial score (nSPS) is 29.4. The van der Waals surface area contributed by atoms with Crippen LogP contribution in [0, 0.1) is 26.7 Å². The fourth-order valence-corrected chi connectivity index (χ4v) is 3.76. The molecular weight excluding hydrogens is 262 g/mol. The highest BCUT2D eigenvalue weighted by molar-refractivity contribution is 5.99. The van der Waals surface area contributed by atoms with Gasteiger partial charge in [0.25, 0.3) is 0 Å². The van der Waals surface area contributed by atoms with Crippen molar-refractivity contribution in [1.82, 2.24) is 4.90 Å². The van der Waals surface area contributed by atoms with Crippen LogP contribution in [0.2, 0.25) is 0 Å². The second kappa shape index (κ2) is 5.54. The first kappa shape index (κ1) is 14.7. The van der Waals surface area contributed by atoms with E-state index in [-0.39, 0.29) is 5.92 Å². The third-order valence-corrected chi connectivity index (χ3v) is 5.36. The first-order valence-corrected chi connectivity index (χ1v) is 7.89. The van der Waals surface area contributed by atoms with Crippen molar-refractivity contribution in [2.45, 2.75) is 45.7 Å². The molecular formula is C18H25NO2. The fourth-order valence-electron chi connectivity index (χ4n) is 3.76. The molecule has 0 radical (unpaired) electrons. The Labute approximate surface area is 127 Å². The quantitative estimate of drug-likeness (QED) is 0.783. The summed E-state index contributed by atoms with van der Waals surface area (Å²) in [6.45, 7) is 7.78. The number of hydrogen-bond acceptors (Lipinski definition) is 3. The second-order valence-corrected chi connectivity index (χ2v) is 6.79. The summed E-state index contributed by atoms with van der Waals surface area (Å²) in [6, 6.07) is 5.02. The van der Waals surface area contributed by atoms with Crippen LogP contribution in [-0.2, 0) is 4.74 Å². The highest BCUT2D eigenvalue weighted by atomic mass is 16.5. The maximum atomic E-state index is 13.0. The van der Waals surface area contributed by atoms with E-state index in [0.29, 0.717) is 17.9 Å². The molecule has 2 saturated heterocycles. The maximum Gasteiger partial charge on any atom is 0.166 e. The number of rotatable bonds is 2. The molecule has 0 amide bonds. The average Bonchev–Trinajstić information content (AvgIpc) is 2.42. The molecule has 0 aromatic heterocycles. The molecule has 2 atom stereocenters. The molecule has 3 nitrogen and oxygen atoms in total. The molecule has 0 spiro atoms. The summed E-state index contributed by atoms with van der Waals surface area (Å²) in [7, 11) is 2.17. The molecule has 1 aromatic carbocycles. The monoisotopic (exact) mass is 287 g/mol. The second-order valence-electron chi connectivity index (χ2n) is 6.79. The van der Waals surface area contributed by atoms with Crippen LogP contribution in [-0.4, -0.2) is 43.0 Å². The largest absolute Gasteiger partial charge is 0.378 e. The van der Waals surface area contributed by atoms with Gasteiger partial charge in [0.15, 0.2) is 5.78 Å². The first-order valence-electron chi connectivity index (χ1n) is 7.89. The molecule has 1 aromatic rings. The number of ether oxygens (including phenoxy) is 1. The summed E-state index contributed by atoms with van der Waals surface area (Å²) >= 11 is 0. The Morgan fingerprint density at radius 1 is 1.05 bits per heavy atom. The minimum absolute atomic E-state index is 0.154. The van der Waals surface area contributed by atoms with E-state index >= 15 is 0 Å². The Morgan fingerprint density at radius 3 is 2.24 bits per heavy atom. The van der Waals surface area contributed by atoms with Crippen LogP contribution in [0.25, 0.3) is 0 Å². The first-order chi connectivity index (χ1) is 9.97. The zero-order valence-corrected chi connectivity index (χ0v) is 13.5. The highest BCUT2D eigenvalue weighted by Crippen LogP contribution is 2.33. The van der Waals surface area contributed by atoms with Gasteiger partial charge in [0.2, 0.25) is 0 Å². The summed E-state index contributed by atoms with van der Waals surface area (Å²) in [5.74, 6) is 0.488. The molecule has 2 aliphatic rings. The van der Waals surface area contributed by atoms with Crippen LogP contribution in [0.15, 0.2) is 12.1 Å². The molecule has 0 saturated carbocycles. The number of carbonyl (C=O) groups excluding carboxylic acids is 1. The van der Waals surface area contributed by atoms with Gasteiger partial charge in [-0.15, -0.1) is 0 Å². The molecule has 2 bridgehead atoms. The number of carbonyl (C=O) groups is 1. The molecule has 3 heteroatoms. The van der Waals surface area contributed by atoms with Gasteiger partial charge < -0.3 is 4.74 Å². The van der Waals surface area contributed by atoms with E-state index in [2.05, 4.69) is 44.9 Å². The minimum atomic E-state index is 0.154. The van der Waals surface area contributed by atoms with E-state index in [1.807, 2.05) is 0 Å². The molecule has 2 fully saturated rings. The Balaban J connectivity index is 1.84. The number of Topliss-reactive ketones (excluding diaryl/α,β-unsaturated/α-hetero) is 1. The van der Waals surface area contributed by atoms with Crippen molar-refractivity contribution >= 4 is 5.78 Å². The van der Waals surface area contributed by atoms with Gasteiger partial charge in [0.05, 0.1) is 13.2 Å². The number of benzene rings is 1. The summed E-state index contributed by atoms with van der Waals surface area (Å²) < 4.78 is 5.65. The lowest BCUT2D eigenvalue weighted by Crippen LogP contribution is -2.55. The summed E-state index contributed by atoms with van der Waals surface area (Å²) in [5, 5.41) is 0. The molecule has 0 aliphatic carbocycles. The van der Waals surface area contributed by atoms with E-state index in [1.54, 1.807) is 0 Å². The van der Waals surface area contributed by atoms with E-state index in [0.717, 1.165) is 37.2 Å². The predicted octanol–water partition coefficient (Wildman–Crippen LogP) is 2.90. The fraction of sp³-hybridized carbons (Fsp3) is 0.611. The third-order valence-electron chi connectivity index (χ3n) is 5.36. The van der Waals surface area contributed by atoms with Gasteiger partial charge in [-0.1, -0.05) is 6.07 Å². The maximum absolute atomic E-state index is 13.0. The van der Waals surface area contributed by atoms with Gasteiger partial charge in [0.1, 0.15) is 0 Å². The number of aryl methyl sites for hydroxylation is 3. The van der Waals surface area contributed by atoms with E-state index in [4.69, 9.17) is 4.74 Å². The lowest BCUT2D eigenvalue weighted by atomic mass is 9.80. The van der Waals surface area contributed by atoms with Gasteiger partial charge in [-0.05, 0) is 63.4 Å². The highest BCUT2D eigenvalue weighted by Gasteiger charge is 2.39. The lowest BCUT2D eigenvalue weighted by molar-refractivity contribution is -0.0702. The van der Waals surface area contributed by atoms with Crippen molar-refractivity contribution in [2.75, 3.05) is 20.3 Å². The Bertz CT molecular complexity index is 553. The number of ketones is 1. The van der Waals surface area contributed by atoms with Crippen molar-refractivity contribution in [3.05, 3.63) is 34.4 Å². The van der Waals surface area contributed by atoms with Crippen molar-refractivity contribution < 1.29 is 9.53 Å². The van der Waals surface area contributed by atoms with Crippen molar-refractivity contribution in [3.8, 4) is 0 Å². The van der Waals surface area contributed by atoms with E-state index in [1.165, 1.54) is 11.1 Å². The molecule has 114 valence electrons. The van der Waals surface area contributed by atoms with Crippen LogP contribution < -0.4 is 0 Å². The summed E-state index contributed by atoms with van der Waals surface area (Å²) in [4.78, 5) is 15.4. The van der Waals surface area contributed by atoms with E-state index < -0.39 is 0 Å². The van der Waals surface area contributed by atoms with Gasteiger partial charge in [-0.3, -0.25) is 9.69 Å². The third kappa shape index (κ3) is 2.65. The Hall–Kier alpha value is -1.19. The number of hydrogen-bond donors (Lipinski definition) is 0. The van der Waals surface area contributed by atoms with Crippen LogP contribution in [0.1, 0.15) is 39.9 Å². The zero-order valence-electron chi connectivity index (χ0n) is 13.5. The van der Waals surface area contributed by atoms with Gasteiger partial charge >= 0.3 is 0 Å². The Kier molecular flexibility index (Phi) is 3.89. The predicted molar refractivity (Wildman–Crippen MR) is 83.9 cm³/mol. The van der Waals surface area contributed by atoms with Gasteiger partial charge in [0, 0.05) is 23.6 Å². The number of fused-ring (bicyclic) bond motifs is 2. The molecule has 3 rings (SSSR count). The van der Waals surface area contributed by atoms with Gasteiger partial charge in [-0.25, -0.2) is 0 Å². The molecule has 21 heavy (non-hydrogen) atoms. The Morgan fingerprint density at radius 2 is 1.62 bits per heavy atom. The molecule has 2 aliphatic heterocycles. The standard InChI is InChI=1S/C18H25NO2/c1-11-5-13(3)17(6-12(11)2)18(20)14-7-15-9-21-10-16(8-14)19(15)4/h5-6,14-16H,7-10H2,1-4H3. The molecule has 2 unspecified atom stereocenters. The molecule has 0 N–H and O–H groups in total. The van der Waals surface area contributed by atoms with Crippen LogP contribution in [0.5, 0.6) is 0 Å². The van der Waals surface area contributed by atoms with Crippen molar-refractivity contribution in [1.29, 1.82) is 0 Å². The van der Waals surface area contributed by atoms with Crippen molar-refractivity contribution in [2.24, 2.45) is 5.92 Å². The lowest BCUT2D eigenvalue weighted by Gasteiger charge is -2.46. The summed E-state index contributed by atoms with van der Waals surface area (Å²) in [6.07, 6.45) is 1.86. The van der Waals surface area contributed by atoms with E-state index in [9.17, 15) is 4.79 Å². The zero-order chi connectivity index (χ0) is 15.1. The average molecular weight is 287 g/mol. The van der Waals surface area contributed by atoms with Crippen LogP contribution in [0.3, 0.4) is 0 Å². The molecule has 2 heterocycles. The van der Waals surface area contributed by atoms with Crippen LogP contribution >= 0.6 is 0 Å². The summed E-state index contributed by atoms with van der Waals surface area (Å²) in [5.41, 5.74) is 4.51. The number of morpholine rings is 1. The van der Waals surface area contributed by atoms with Crippen LogP contribution in [0.4, 0.5) is 0 Å². The van der Waals surface area contributed by atoms with Crippen molar-refractivity contribution in [3.63, 3.8) is 0 Å².